The lowest BCUT2D eigenvalue weighted by Crippen LogP contribution is -2.22. The minimum atomic E-state index is -1.04. The lowest BCUT2D eigenvalue weighted by molar-refractivity contribution is 0.0690. The van der Waals surface area contributed by atoms with Crippen LogP contribution in [0.2, 0.25) is 0 Å². The molecule has 2 N–H and O–H groups in total. The van der Waals surface area contributed by atoms with Crippen LogP contribution in [0.3, 0.4) is 0 Å². The summed E-state index contributed by atoms with van der Waals surface area (Å²) in [4.78, 5) is 19.8. The molecule has 0 unspecified atom stereocenters. The Kier molecular flexibility index (Phi) is 4.92. The van der Waals surface area contributed by atoms with Crippen molar-refractivity contribution in [2.75, 3.05) is 5.75 Å². The Balaban J connectivity index is 3.20. The van der Waals surface area contributed by atoms with Crippen LogP contribution in [0.1, 0.15) is 55.5 Å². The maximum atomic E-state index is 11.3. The molecule has 19 heavy (non-hydrogen) atoms. The highest BCUT2D eigenvalue weighted by molar-refractivity contribution is 7.99. The highest BCUT2D eigenvalue weighted by Gasteiger charge is 2.22. The van der Waals surface area contributed by atoms with Crippen molar-refractivity contribution in [3.63, 3.8) is 0 Å². The molecule has 0 spiro atoms. The SMILES string of the molecule is Cc1nc(C(C)C)nc(SCC(C)(C)O)c1C(=O)O. The van der Waals surface area contributed by atoms with Crippen molar-refractivity contribution in [1.29, 1.82) is 0 Å². The van der Waals surface area contributed by atoms with Gasteiger partial charge in [0, 0.05) is 11.7 Å². The summed E-state index contributed by atoms with van der Waals surface area (Å²) < 4.78 is 0. The van der Waals surface area contributed by atoms with Gasteiger partial charge in [0.05, 0.1) is 11.3 Å². The molecule has 0 bridgehead atoms. The van der Waals surface area contributed by atoms with Crippen molar-refractivity contribution in [3.8, 4) is 0 Å². The average molecular weight is 284 g/mol. The zero-order chi connectivity index (χ0) is 14.8. The minimum absolute atomic E-state index is 0.124. The molecule has 6 heteroatoms. The summed E-state index contributed by atoms with van der Waals surface area (Å²) >= 11 is 1.25. The molecular formula is C13H20N2O3S. The standard InChI is InChI=1S/C13H20N2O3S/c1-7(2)10-14-8(3)9(12(16)17)11(15-10)19-6-13(4,5)18/h7,18H,6H2,1-5H3,(H,16,17). The molecule has 5 nitrogen and oxygen atoms in total. The number of thioether (sulfide) groups is 1. The summed E-state index contributed by atoms with van der Waals surface area (Å²) in [7, 11) is 0. The number of aromatic carboxylic acids is 1. The van der Waals surface area contributed by atoms with Crippen LogP contribution in [0, 0.1) is 6.92 Å². The summed E-state index contributed by atoms with van der Waals surface area (Å²) in [6.07, 6.45) is 0. The summed E-state index contributed by atoms with van der Waals surface area (Å²) in [5.41, 5.74) is -0.291. The predicted molar refractivity (Wildman–Crippen MR) is 74.8 cm³/mol. The smallest absolute Gasteiger partial charge is 0.340 e. The monoisotopic (exact) mass is 284 g/mol. The molecule has 1 aromatic rings. The van der Waals surface area contributed by atoms with Gasteiger partial charge in [-0.3, -0.25) is 0 Å². The summed E-state index contributed by atoms with van der Waals surface area (Å²) in [5, 5.41) is 19.4. The Labute approximate surface area is 117 Å². The normalized spacial score (nSPS) is 11.9. The van der Waals surface area contributed by atoms with E-state index in [9.17, 15) is 15.0 Å². The number of aryl methyl sites for hydroxylation is 1. The molecule has 0 radical (unpaired) electrons. The van der Waals surface area contributed by atoms with E-state index in [0.717, 1.165) is 0 Å². The Bertz CT molecular complexity index is 482. The van der Waals surface area contributed by atoms with E-state index in [1.165, 1.54) is 11.8 Å². The van der Waals surface area contributed by atoms with Crippen LogP contribution in [0.5, 0.6) is 0 Å². The number of nitrogens with zero attached hydrogens (tertiary/aromatic N) is 2. The van der Waals surface area contributed by atoms with Crippen molar-refractivity contribution in [2.24, 2.45) is 0 Å². The molecule has 1 rings (SSSR count). The molecule has 0 saturated heterocycles. The zero-order valence-corrected chi connectivity index (χ0v) is 12.7. The molecule has 106 valence electrons. The second kappa shape index (κ2) is 5.88. The Morgan fingerprint density at radius 2 is 1.95 bits per heavy atom. The minimum Gasteiger partial charge on any atom is -0.478 e. The summed E-state index contributed by atoms with van der Waals surface area (Å²) in [5.74, 6) is 0.0937. The number of hydrogen-bond acceptors (Lipinski definition) is 5. The molecule has 0 fully saturated rings. The van der Waals surface area contributed by atoms with Crippen molar-refractivity contribution < 1.29 is 15.0 Å². The number of aromatic nitrogens is 2. The van der Waals surface area contributed by atoms with Crippen molar-refractivity contribution in [1.82, 2.24) is 9.97 Å². The fraction of sp³-hybridized carbons (Fsp3) is 0.615. The first kappa shape index (κ1) is 15.9. The van der Waals surface area contributed by atoms with E-state index in [4.69, 9.17) is 0 Å². The molecule has 0 aliphatic heterocycles. The largest absolute Gasteiger partial charge is 0.478 e. The maximum absolute atomic E-state index is 11.3. The van der Waals surface area contributed by atoms with E-state index < -0.39 is 11.6 Å². The highest BCUT2D eigenvalue weighted by atomic mass is 32.2. The first-order valence-electron chi connectivity index (χ1n) is 6.09. The lowest BCUT2D eigenvalue weighted by atomic mass is 10.2. The van der Waals surface area contributed by atoms with Crippen molar-refractivity contribution >= 4 is 17.7 Å². The number of hydrogen-bond donors (Lipinski definition) is 2. The van der Waals surface area contributed by atoms with E-state index in [0.29, 0.717) is 22.3 Å². The van der Waals surface area contributed by atoms with E-state index in [2.05, 4.69) is 9.97 Å². The van der Waals surface area contributed by atoms with Gasteiger partial charge in [0.15, 0.2) is 0 Å². The Morgan fingerprint density at radius 3 is 2.37 bits per heavy atom. The predicted octanol–water partition coefficient (Wildman–Crippen LogP) is 2.47. The summed E-state index contributed by atoms with van der Waals surface area (Å²) in [6, 6.07) is 0. The third-order valence-electron chi connectivity index (χ3n) is 2.37. The second-order valence-corrected chi connectivity index (χ2v) is 6.37. The number of carbonyl (C=O) groups is 1. The van der Waals surface area contributed by atoms with E-state index >= 15 is 0 Å². The third-order valence-corrected chi connectivity index (χ3v) is 3.79. The van der Waals surface area contributed by atoms with Crippen molar-refractivity contribution in [3.05, 3.63) is 17.1 Å². The molecular weight excluding hydrogens is 264 g/mol. The summed E-state index contributed by atoms with van der Waals surface area (Å²) in [6.45, 7) is 8.94. The van der Waals surface area contributed by atoms with Gasteiger partial charge in [-0.15, -0.1) is 11.8 Å². The second-order valence-electron chi connectivity index (χ2n) is 5.41. The number of rotatable bonds is 5. The average Bonchev–Trinajstić information content (AvgIpc) is 2.23. The number of aliphatic hydroxyl groups is 1. The first-order valence-corrected chi connectivity index (χ1v) is 7.07. The number of carboxylic acids is 1. The zero-order valence-electron chi connectivity index (χ0n) is 11.9. The van der Waals surface area contributed by atoms with Crippen LogP contribution in [-0.4, -0.2) is 37.5 Å². The van der Waals surface area contributed by atoms with Gasteiger partial charge in [-0.2, -0.15) is 0 Å². The van der Waals surface area contributed by atoms with E-state index in [-0.39, 0.29) is 11.5 Å². The van der Waals surface area contributed by atoms with Gasteiger partial charge in [-0.05, 0) is 20.8 Å². The molecule has 0 aromatic carbocycles. The quantitative estimate of drug-likeness (QED) is 0.638. The lowest BCUT2D eigenvalue weighted by Gasteiger charge is -2.17. The van der Waals surface area contributed by atoms with E-state index in [1.807, 2.05) is 13.8 Å². The highest BCUT2D eigenvalue weighted by Crippen LogP contribution is 2.27. The molecule has 0 saturated carbocycles. The Hall–Kier alpha value is -1.14. The first-order chi connectivity index (χ1) is 8.61. The van der Waals surface area contributed by atoms with Gasteiger partial charge in [0.25, 0.3) is 0 Å². The molecule has 1 aromatic heterocycles. The molecule has 0 aliphatic carbocycles. The van der Waals surface area contributed by atoms with Crippen LogP contribution in [0.4, 0.5) is 0 Å². The molecule has 0 atom stereocenters. The van der Waals surface area contributed by atoms with Crippen LogP contribution < -0.4 is 0 Å². The fourth-order valence-electron chi connectivity index (χ4n) is 1.42. The Morgan fingerprint density at radius 1 is 1.37 bits per heavy atom. The topological polar surface area (TPSA) is 83.3 Å². The van der Waals surface area contributed by atoms with Crippen LogP contribution >= 0.6 is 11.8 Å². The maximum Gasteiger partial charge on any atom is 0.340 e. The van der Waals surface area contributed by atoms with Crippen molar-refractivity contribution in [2.45, 2.75) is 51.2 Å². The van der Waals surface area contributed by atoms with Gasteiger partial charge >= 0.3 is 5.97 Å². The van der Waals surface area contributed by atoms with Gasteiger partial charge in [0.1, 0.15) is 16.4 Å². The van der Waals surface area contributed by atoms with Gasteiger partial charge in [-0.1, -0.05) is 13.8 Å². The molecule has 1 heterocycles. The van der Waals surface area contributed by atoms with Crippen LogP contribution in [0.25, 0.3) is 0 Å². The van der Waals surface area contributed by atoms with Gasteiger partial charge in [-0.25, -0.2) is 14.8 Å². The number of carboxylic acid groups (broad SMARTS) is 1. The van der Waals surface area contributed by atoms with Gasteiger partial charge in [0.2, 0.25) is 0 Å². The van der Waals surface area contributed by atoms with Crippen LogP contribution in [-0.2, 0) is 0 Å². The molecule has 0 amide bonds. The van der Waals surface area contributed by atoms with Crippen LogP contribution in [0.15, 0.2) is 5.03 Å². The third kappa shape index (κ3) is 4.47. The fourth-order valence-corrected chi connectivity index (χ4v) is 2.45. The van der Waals surface area contributed by atoms with E-state index in [1.54, 1.807) is 20.8 Å². The molecule has 0 aliphatic rings. The van der Waals surface area contributed by atoms with Gasteiger partial charge < -0.3 is 10.2 Å².